The summed E-state index contributed by atoms with van der Waals surface area (Å²) in [6.45, 7) is 1.85. The van der Waals surface area contributed by atoms with Crippen LogP contribution in [0.4, 0.5) is 5.00 Å². The number of thiophene rings is 1. The molecule has 0 radical (unpaired) electrons. The second kappa shape index (κ2) is 5.33. The van der Waals surface area contributed by atoms with E-state index in [0.29, 0.717) is 10.6 Å². The van der Waals surface area contributed by atoms with Crippen molar-refractivity contribution in [2.24, 2.45) is 0 Å². The zero-order valence-corrected chi connectivity index (χ0v) is 12.4. The van der Waals surface area contributed by atoms with Crippen molar-refractivity contribution in [3.05, 3.63) is 51.4 Å². The van der Waals surface area contributed by atoms with Crippen LogP contribution in [0.2, 0.25) is 0 Å². The van der Waals surface area contributed by atoms with Crippen LogP contribution >= 0.6 is 11.3 Å². The Labute approximate surface area is 126 Å². The summed E-state index contributed by atoms with van der Waals surface area (Å²) in [5, 5.41) is 14.5. The smallest absolute Gasteiger partial charge is 0.256 e. The Morgan fingerprint density at radius 2 is 2.00 bits per heavy atom. The summed E-state index contributed by atoms with van der Waals surface area (Å²) >= 11 is 1.35. The van der Waals surface area contributed by atoms with Gasteiger partial charge < -0.3 is 15.2 Å². The quantitative estimate of drug-likeness (QED) is 0.944. The van der Waals surface area contributed by atoms with Crippen LogP contribution in [-0.4, -0.2) is 11.9 Å². The van der Waals surface area contributed by atoms with Gasteiger partial charge in [-0.05, 0) is 43.4 Å². The maximum absolute atomic E-state index is 12.3. The van der Waals surface area contributed by atoms with E-state index in [9.17, 15) is 14.7 Å². The van der Waals surface area contributed by atoms with Crippen molar-refractivity contribution in [3.8, 4) is 0 Å². The molecule has 0 aliphatic heterocycles. The van der Waals surface area contributed by atoms with Crippen LogP contribution in [0, 0.1) is 6.92 Å². The van der Waals surface area contributed by atoms with E-state index in [1.165, 1.54) is 11.3 Å². The van der Waals surface area contributed by atoms with Crippen LogP contribution in [-0.2, 0) is 12.8 Å². The van der Waals surface area contributed by atoms with Gasteiger partial charge >= 0.3 is 0 Å². The normalized spacial score (nSPS) is 13.0. The highest BCUT2D eigenvalue weighted by atomic mass is 32.1. The van der Waals surface area contributed by atoms with Gasteiger partial charge in [-0.25, -0.2) is 0 Å². The van der Waals surface area contributed by atoms with Crippen molar-refractivity contribution >= 4 is 28.2 Å². The van der Waals surface area contributed by atoms with E-state index in [4.69, 9.17) is 0 Å². The lowest BCUT2D eigenvalue weighted by molar-refractivity contribution is -0.254. The first-order valence-electron chi connectivity index (χ1n) is 6.81. The maximum atomic E-state index is 12.3. The van der Waals surface area contributed by atoms with E-state index in [1.54, 1.807) is 12.1 Å². The number of rotatable bonds is 3. The SMILES string of the molecule is Cc1ccccc1C(=O)Nc1sc2c(c1C(=O)[O-])CCC2. The molecule has 5 heteroatoms. The number of nitrogens with one attached hydrogen (secondary N) is 1. The summed E-state index contributed by atoms with van der Waals surface area (Å²) in [7, 11) is 0. The first kappa shape index (κ1) is 13.8. The van der Waals surface area contributed by atoms with E-state index >= 15 is 0 Å². The number of aryl methyl sites for hydroxylation is 2. The molecule has 1 aromatic heterocycles. The van der Waals surface area contributed by atoms with Crippen LogP contribution in [0.15, 0.2) is 24.3 Å². The third-order valence-corrected chi connectivity index (χ3v) is 4.95. The summed E-state index contributed by atoms with van der Waals surface area (Å²) < 4.78 is 0. The molecule has 0 unspecified atom stereocenters. The first-order chi connectivity index (χ1) is 10.1. The fourth-order valence-electron chi connectivity index (χ4n) is 2.71. The number of hydrogen-bond donors (Lipinski definition) is 1. The van der Waals surface area contributed by atoms with Gasteiger partial charge in [0.25, 0.3) is 5.91 Å². The molecule has 1 amide bonds. The van der Waals surface area contributed by atoms with E-state index in [2.05, 4.69) is 5.32 Å². The topological polar surface area (TPSA) is 69.2 Å². The molecule has 0 saturated heterocycles. The van der Waals surface area contributed by atoms with Gasteiger partial charge in [-0.1, -0.05) is 18.2 Å². The van der Waals surface area contributed by atoms with E-state index in [-0.39, 0.29) is 11.5 Å². The number of anilines is 1. The van der Waals surface area contributed by atoms with Crippen LogP contribution in [0.25, 0.3) is 0 Å². The molecule has 108 valence electrons. The van der Waals surface area contributed by atoms with Gasteiger partial charge in [0.1, 0.15) is 5.00 Å². The number of amides is 1. The predicted octanol–water partition coefficient (Wildman–Crippen LogP) is 2.16. The lowest BCUT2D eigenvalue weighted by atomic mass is 10.1. The second-order valence-electron chi connectivity index (χ2n) is 5.12. The van der Waals surface area contributed by atoms with Gasteiger partial charge in [-0.3, -0.25) is 4.79 Å². The van der Waals surface area contributed by atoms with Gasteiger partial charge in [0, 0.05) is 16.0 Å². The number of benzene rings is 1. The minimum atomic E-state index is -1.21. The van der Waals surface area contributed by atoms with Crippen LogP contribution in [0.5, 0.6) is 0 Å². The van der Waals surface area contributed by atoms with Gasteiger partial charge in [-0.15, -0.1) is 11.3 Å². The molecule has 0 atom stereocenters. The van der Waals surface area contributed by atoms with Crippen molar-refractivity contribution in [2.75, 3.05) is 5.32 Å². The molecule has 0 fully saturated rings. The molecule has 0 spiro atoms. The fraction of sp³-hybridized carbons (Fsp3) is 0.250. The Morgan fingerprint density at radius 3 is 2.71 bits per heavy atom. The molecular formula is C16H14NO3S-. The summed E-state index contributed by atoms with van der Waals surface area (Å²) in [6.07, 6.45) is 2.59. The standard InChI is InChI=1S/C16H15NO3S/c1-9-5-2-3-6-10(9)14(18)17-15-13(16(19)20)11-7-4-8-12(11)21-15/h2-3,5-6H,4,7-8H2,1H3,(H,17,18)(H,19,20)/p-1. The van der Waals surface area contributed by atoms with E-state index in [0.717, 1.165) is 35.3 Å². The number of fused-ring (bicyclic) bond motifs is 1. The fourth-order valence-corrected chi connectivity index (χ4v) is 3.98. The molecular weight excluding hydrogens is 286 g/mol. The minimum Gasteiger partial charge on any atom is -0.545 e. The number of hydrogen-bond acceptors (Lipinski definition) is 4. The first-order valence-corrected chi connectivity index (χ1v) is 7.62. The highest BCUT2D eigenvalue weighted by molar-refractivity contribution is 7.17. The third kappa shape index (κ3) is 2.45. The van der Waals surface area contributed by atoms with Crippen LogP contribution < -0.4 is 10.4 Å². The molecule has 0 saturated carbocycles. The monoisotopic (exact) mass is 300 g/mol. The highest BCUT2D eigenvalue weighted by Crippen LogP contribution is 2.38. The molecule has 1 heterocycles. The van der Waals surface area contributed by atoms with Crippen molar-refractivity contribution < 1.29 is 14.7 Å². The second-order valence-corrected chi connectivity index (χ2v) is 6.22. The molecule has 21 heavy (non-hydrogen) atoms. The molecule has 1 aliphatic carbocycles. The largest absolute Gasteiger partial charge is 0.545 e. The Balaban J connectivity index is 1.94. The Morgan fingerprint density at radius 1 is 1.24 bits per heavy atom. The average Bonchev–Trinajstić information content (AvgIpc) is 2.98. The van der Waals surface area contributed by atoms with Gasteiger partial charge in [0.2, 0.25) is 0 Å². The number of carbonyl (C=O) groups is 2. The van der Waals surface area contributed by atoms with E-state index < -0.39 is 5.97 Å². The average molecular weight is 300 g/mol. The molecule has 2 aromatic rings. The zero-order chi connectivity index (χ0) is 15.0. The molecule has 1 N–H and O–H groups in total. The number of carboxylic acids is 1. The number of carboxylic acid groups (broad SMARTS) is 1. The summed E-state index contributed by atoms with van der Waals surface area (Å²) in [5.74, 6) is -1.50. The third-order valence-electron chi connectivity index (χ3n) is 3.74. The predicted molar refractivity (Wildman–Crippen MR) is 79.8 cm³/mol. The lowest BCUT2D eigenvalue weighted by Crippen LogP contribution is -2.25. The van der Waals surface area contributed by atoms with Crippen molar-refractivity contribution in [1.82, 2.24) is 0 Å². The number of carbonyl (C=O) groups excluding carboxylic acids is 2. The van der Waals surface area contributed by atoms with Crippen molar-refractivity contribution in [1.29, 1.82) is 0 Å². The Bertz CT molecular complexity index is 733. The zero-order valence-electron chi connectivity index (χ0n) is 11.6. The maximum Gasteiger partial charge on any atom is 0.256 e. The van der Waals surface area contributed by atoms with Gasteiger partial charge in [0.05, 0.1) is 5.97 Å². The van der Waals surface area contributed by atoms with Gasteiger partial charge in [0.15, 0.2) is 0 Å². The Kier molecular flexibility index (Phi) is 3.51. The summed E-state index contributed by atoms with van der Waals surface area (Å²) in [6, 6.07) is 7.22. The number of aromatic carboxylic acids is 1. The van der Waals surface area contributed by atoms with Crippen molar-refractivity contribution in [2.45, 2.75) is 26.2 Å². The van der Waals surface area contributed by atoms with Crippen molar-refractivity contribution in [3.63, 3.8) is 0 Å². The molecule has 4 nitrogen and oxygen atoms in total. The molecule has 1 aliphatic rings. The summed E-state index contributed by atoms with van der Waals surface area (Å²) in [4.78, 5) is 24.7. The highest BCUT2D eigenvalue weighted by Gasteiger charge is 2.24. The van der Waals surface area contributed by atoms with Crippen LogP contribution in [0.3, 0.4) is 0 Å². The Hall–Kier alpha value is -2.14. The lowest BCUT2D eigenvalue weighted by Gasteiger charge is -2.10. The summed E-state index contributed by atoms with van der Waals surface area (Å²) in [5.41, 5.74) is 2.40. The molecule has 3 rings (SSSR count). The van der Waals surface area contributed by atoms with Crippen LogP contribution in [0.1, 0.15) is 43.1 Å². The van der Waals surface area contributed by atoms with E-state index in [1.807, 2.05) is 19.1 Å². The molecule has 0 bridgehead atoms. The molecule has 1 aromatic carbocycles. The van der Waals surface area contributed by atoms with Gasteiger partial charge in [-0.2, -0.15) is 0 Å². The minimum absolute atomic E-state index is 0.162.